The zero-order valence-corrected chi connectivity index (χ0v) is 29.1. The molecule has 3 aliphatic heterocycles. The van der Waals surface area contributed by atoms with Crippen molar-refractivity contribution >= 4 is 62.6 Å². The number of hydrogen-bond donors (Lipinski definition) is 3. The van der Waals surface area contributed by atoms with Gasteiger partial charge in [0.05, 0.1) is 5.39 Å². The molecule has 13 nitrogen and oxygen atoms in total. The largest absolute Gasteiger partial charge is 0.454 e. The maximum Gasteiger partial charge on any atom is 0.328 e. The molecule has 52 heavy (non-hydrogen) atoms. The van der Waals surface area contributed by atoms with E-state index in [1.165, 1.54) is 5.69 Å². The Morgan fingerprint density at radius 2 is 1.58 bits per heavy atom. The second-order valence-electron chi connectivity index (χ2n) is 13.9. The number of nitrogens with two attached hydrogens (primary N) is 2. The summed E-state index contributed by atoms with van der Waals surface area (Å²) in [6.45, 7) is 9.50. The molecule has 0 radical (unpaired) electrons. The number of nitrogens with one attached hydrogen (secondary N) is 1. The summed E-state index contributed by atoms with van der Waals surface area (Å²) in [5.41, 5.74) is 17.2. The molecule has 3 aliphatic rings. The van der Waals surface area contributed by atoms with Crippen LogP contribution in [0.1, 0.15) is 24.8 Å². The molecule has 0 bridgehead atoms. The highest BCUT2D eigenvalue weighted by molar-refractivity contribution is 6.06. The number of rotatable bonds is 7. The van der Waals surface area contributed by atoms with Gasteiger partial charge in [-0.05, 0) is 85.8 Å². The standard InChI is InChI=1S/C39H42N8O5/c1-24-21-27(7-10-30(24)47-16-13-34(48)42-39(47)50)45-14-11-25(12-15-45)23-44-17-19-46(20-18-44)26-5-8-28(9-6-26)51-33-22-32-36(43-38(33)41)37(49)35-29(40)3-2-4-31(35)52-32/h2-10,21-22,25H,11-20,23,40H2,1H3,(H2,41,43)(H,42,48,50). The number of nitrogens with zero attached hydrogens (tertiary/aromatic N) is 5. The third-order valence-corrected chi connectivity index (χ3v) is 10.5. The fraction of sp³-hybridized carbons (Fsp3) is 0.333. The van der Waals surface area contributed by atoms with Crippen molar-refractivity contribution in [1.29, 1.82) is 0 Å². The van der Waals surface area contributed by atoms with Crippen LogP contribution in [-0.2, 0) is 4.79 Å². The van der Waals surface area contributed by atoms with Crippen LogP contribution >= 0.6 is 0 Å². The van der Waals surface area contributed by atoms with Crippen LogP contribution < -0.4 is 41.6 Å². The third-order valence-electron chi connectivity index (χ3n) is 10.5. The molecule has 5 aromatic rings. The van der Waals surface area contributed by atoms with E-state index in [4.69, 9.17) is 20.6 Å². The average molecular weight is 703 g/mol. The molecule has 0 atom stereocenters. The molecule has 0 spiro atoms. The number of pyridine rings is 1. The van der Waals surface area contributed by atoms with Gasteiger partial charge in [-0.1, -0.05) is 6.07 Å². The van der Waals surface area contributed by atoms with Crippen LogP contribution in [0.25, 0.3) is 22.1 Å². The minimum atomic E-state index is -0.348. The van der Waals surface area contributed by atoms with Crippen molar-refractivity contribution in [2.24, 2.45) is 5.92 Å². The molecule has 3 amide bonds. The van der Waals surface area contributed by atoms with Gasteiger partial charge in [-0.25, -0.2) is 9.78 Å². The Bertz CT molecular complexity index is 2220. The summed E-state index contributed by atoms with van der Waals surface area (Å²) in [6.07, 6.45) is 2.61. The number of fused-ring (bicyclic) bond motifs is 2. The smallest absolute Gasteiger partial charge is 0.328 e. The molecule has 3 saturated heterocycles. The minimum Gasteiger partial charge on any atom is -0.454 e. The van der Waals surface area contributed by atoms with Crippen LogP contribution in [0.4, 0.5) is 33.4 Å². The molecule has 3 aromatic carbocycles. The molecule has 0 unspecified atom stereocenters. The van der Waals surface area contributed by atoms with E-state index in [9.17, 15) is 14.4 Å². The SMILES string of the molecule is Cc1cc(N2CCC(CN3CCN(c4ccc(Oc5cc6oc7cccc(N)c7c(=O)c6nc5N)cc4)CC3)CC2)ccc1N1CCC(=O)NC1=O. The van der Waals surface area contributed by atoms with E-state index in [-0.39, 0.29) is 39.7 Å². The number of piperazine rings is 1. The lowest BCUT2D eigenvalue weighted by Crippen LogP contribution is -2.49. The van der Waals surface area contributed by atoms with Crippen molar-refractivity contribution in [3.63, 3.8) is 0 Å². The Morgan fingerprint density at radius 3 is 2.31 bits per heavy atom. The van der Waals surface area contributed by atoms with Crippen molar-refractivity contribution in [2.45, 2.75) is 26.2 Å². The number of ether oxygens (including phenoxy) is 1. The number of hydrogen-bond acceptors (Lipinski definition) is 11. The fourth-order valence-electron chi connectivity index (χ4n) is 7.64. The van der Waals surface area contributed by atoms with Gasteiger partial charge in [0.25, 0.3) is 0 Å². The Kier molecular flexibility index (Phi) is 8.79. The van der Waals surface area contributed by atoms with Crippen molar-refractivity contribution in [3.05, 3.63) is 82.5 Å². The Morgan fingerprint density at radius 1 is 0.846 bits per heavy atom. The van der Waals surface area contributed by atoms with Gasteiger partial charge in [0.15, 0.2) is 22.7 Å². The third kappa shape index (κ3) is 6.55. The molecule has 0 saturated carbocycles. The molecular weight excluding hydrogens is 660 g/mol. The highest BCUT2D eigenvalue weighted by Gasteiger charge is 2.27. The maximum atomic E-state index is 13.0. The first-order chi connectivity index (χ1) is 25.2. The molecule has 5 N–H and O–H groups in total. The van der Waals surface area contributed by atoms with Crippen molar-refractivity contribution in [3.8, 4) is 11.5 Å². The maximum absolute atomic E-state index is 13.0. The zero-order chi connectivity index (χ0) is 35.9. The zero-order valence-electron chi connectivity index (χ0n) is 29.1. The number of aromatic nitrogens is 1. The highest BCUT2D eigenvalue weighted by Crippen LogP contribution is 2.33. The van der Waals surface area contributed by atoms with Crippen LogP contribution in [0, 0.1) is 12.8 Å². The summed E-state index contributed by atoms with van der Waals surface area (Å²) < 4.78 is 12.0. The number of urea groups is 1. The van der Waals surface area contributed by atoms with Crippen molar-refractivity contribution in [2.75, 3.05) is 78.5 Å². The van der Waals surface area contributed by atoms with Gasteiger partial charge < -0.3 is 30.4 Å². The predicted molar refractivity (Wildman–Crippen MR) is 203 cm³/mol. The van der Waals surface area contributed by atoms with Gasteiger partial charge in [0.2, 0.25) is 11.3 Å². The minimum absolute atomic E-state index is 0.0914. The number of benzene rings is 3. The highest BCUT2D eigenvalue weighted by atomic mass is 16.5. The number of aryl methyl sites for hydroxylation is 1. The Hall–Kier alpha value is -5.82. The molecular formula is C39H42N8O5. The first-order valence-corrected chi connectivity index (χ1v) is 17.8. The number of anilines is 5. The summed E-state index contributed by atoms with van der Waals surface area (Å²) >= 11 is 0. The number of amides is 3. The molecule has 2 aromatic heterocycles. The molecule has 13 heteroatoms. The lowest BCUT2D eigenvalue weighted by atomic mass is 9.95. The number of carbonyl (C=O) groups is 2. The summed E-state index contributed by atoms with van der Waals surface area (Å²) in [5.74, 6) is 1.45. The lowest BCUT2D eigenvalue weighted by Gasteiger charge is -2.40. The average Bonchev–Trinajstić information content (AvgIpc) is 3.14. The van der Waals surface area contributed by atoms with Crippen molar-refractivity contribution in [1.82, 2.24) is 15.2 Å². The topological polar surface area (TPSA) is 164 Å². The van der Waals surface area contributed by atoms with Crippen LogP contribution in [0.3, 0.4) is 0 Å². The summed E-state index contributed by atoms with van der Waals surface area (Å²) in [7, 11) is 0. The number of carbonyl (C=O) groups excluding carboxylic acids is 2. The van der Waals surface area contributed by atoms with E-state index in [1.54, 1.807) is 29.2 Å². The number of piperidine rings is 1. The first kappa shape index (κ1) is 33.3. The van der Waals surface area contributed by atoms with E-state index >= 15 is 0 Å². The van der Waals surface area contributed by atoms with Crippen molar-refractivity contribution < 1.29 is 18.7 Å². The lowest BCUT2D eigenvalue weighted by molar-refractivity contribution is -0.120. The van der Waals surface area contributed by atoms with Gasteiger partial charge in [-0.3, -0.25) is 24.7 Å². The molecule has 268 valence electrons. The first-order valence-electron chi connectivity index (χ1n) is 17.8. The Labute approximate surface area is 300 Å². The Balaban J connectivity index is 0.824. The second-order valence-corrected chi connectivity index (χ2v) is 13.9. The number of imide groups is 1. The van der Waals surface area contributed by atoms with Crippen LogP contribution in [0.15, 0.2) is 75.9 Å². The van der Waals surface area contributed by atoms with Gasteiger partial charge >= 0.3 is 6.03 Å². The quantitative estimate of drug-likeness (QED) is 0.153. The van der Waals surface area contributed by atoms with Gasteiger partial charge in [-0.15, -0.1) is 0 Å². The normalized spacial score (nSPS) is 17.6. The summed E-state index contributed by atoms with van der Waals surface area (Å²) in [4.78, 5) is 50.3. The molecule has 8 rings (SSSR count). The fourth-order valence-corrected chi connectivity index (χ4v) is 7.64. The van der Waals surface area contributed by atoms with E-state index in [0.717, 1.165) is 75.6 Å². The van der Waals surface area contributed by atoms with Crippen LogP contribution in [0.2, 0.25) is 0 Å². The predicted octanol–water partition coefficient (Wildman–Crippen LogP) is 5.09. The van der Waals surface area contributed by atoms with E-state index in [2.05, 4.69) is 49.3 Å². The van der Waals surface area contributed by atoms with E-state index in [1.807, 2.05) is 25.1 Å². The molecule has 3 fully saturated rings. The van der Waals surface area contributed by atoms with Crippen LogP contribution in [-0.4, -0.2) is 74.2 Å². The molecule has 5 heterocycles. The summed E-state index contributed by atoms with van der Waals surface area (Å²) in [5, 5.41) is 2.70. The van der Waals surface area contributed by atoms with E-state index in [0.29, 0.717) is 41.7 Å². The second kappa shape index (κ2) is 13.7. The summed E-state index contributed by atoms with van der Waals surface area (Å²) in [6, 6.07) is 20.5. The monoisotopic (exact) mass is 702 g/mol. The number of nitrogen functional groups attached to an aromatic ring is 2. The van der Waals surface area contributed by atoms with Gasteiger partial charge in [0, 0.05) is 87.6 Å². The van der Waals surface area contributed by atoms with E-state index < -0.39 is 0 Å². The molecule has 0 aliphatic carbocycles. The van der Waals surface area contributed by atoms with Gasteiger partial charge in [0.1, 0.15) is 11.3 Å². The van der Waals surface area contributed by atoms with Crippen LogP contribution in [0.5, 0.6) is 11.5 Å². The van der Waals surface area contributed by atoms with Gasteiger partial charge in [-0.2, -0.15) is 0 Å².